The van der Waals surface area contributed by atoms with E-state index in [0.717, 1.165) is 6.42 Å². The second kappa shape index (κ2) is 9.28. The average Bonchev–Trinajstić information content (AvgIpc) is 3.62. The van der Waals surface area contributed by atoms with Gasteiger partial charge < -0.3 is 28.8 Å². The van der Waals surface area contributed by atoms with Gasteiger partial charge in [-0.05, 0) is 25.3 Å². The lowest BCUT2D eigenvalue weighted by atomic mass is 9.51. The summed E-state index contributed by atoms with van der Waals surface area (Å²) in [6.07, 6.45) is 9.68. The minimum atomic E-state index is -0.672. The molecule has 6 atom stereocenters. The van der Waals surface area contributed by atoms with Gasteiger partial charge in [0.2, 0.25) is 0 Å². The molecule has 194 valence electrons. The third-order valence-electron chi connectivity index (χ3n) is 8.72. The van der Waals surface area contributed by atoms with Crippen molar-refractivity contribution in [2.45, 2.75) is 63.4 Å². The van der Waals surface area contributed by atoms with Gasteiger partial charge in [-0.3, -0.25) is 0 Å². The minimum Gasteiger partial charge on any atom is -0.462 e. The van der Waals surface area contributed by atoms with Gasteiger partial charge in [-0.1, -0.05) is 30.7 Å². The molecule has 0 aromatic carbocycles. The van der Waals surface area contributed by atoms with Crippen LogP contribution in [0.15, 0.2) is 47.6 Å². The Kier molecular flexibility index (Phi) is 6.43. The Bertz CT molecular complexity index is 1070. The van der Waals surface area contributed by atoms with Crippen LogP contribution in [0.4, 0.5) is 0 Å². The van der Waals surface area contributed by atoms with Crippen LogP contribution in [0, 0.1) is 10.8 Å². The Balaban J connectivity index is 1.53. The fourth-order valence-electron chi connectivity index (χ4n) is 6.52. The Morgan fingerprint density at radius 3 is 2.47 bits per heavy atom. The fourth-order valence-corrected chi connectivity index (χ4v) is 6.52. The van der Waals surface area contributed by atoms with E-state index < -0.39 is 40.4 Å². The molecule has 0 radical (unpaired) electrons. The Morgan fingerprint density at radius 2 is 1.75 bits per heavy atom. The smallest absolute Gasteiger partial charge is 0.331 e. The first-order valence-corrected chi connectivity index (χ1v) is 12.4. The maximum atomic E-state index is 12.8. The first-order valence-electron chi connectivity index (χ1n) is 12.4. The summed E-state index contributed by atoms with van der Waals surface area (Å²) in [7, 11) is 0. The van der Waals surface area contributed by atoms with Gasteiger partial charge in [0, 0.05) is 36.5 Å². The summed E-state index contributed by atoms with van der Waals surface area (Å²) in [5.74, 6) is -1.74. The Morgan fingerprint density at radius 1 is 1.00 bits per heavy atom. The first-order chi connectivity index (χ1) is 17.2. The zero-order chi connectivity index (χ0) is 25.6. The Hall–Kier alpha value is -2.75. The van der Waals surface area contributed by atoms with Crippen LogP contribution >= 0.6 is 0 Å². The quantitative estimate of drug-likeness (QED) is 0.250. The van der Waals surface area contributed by atoms with Crippen molar-refractivity contribution < 1.29 is 43.2 Å². The van der Waals surface area contributed by atoms with Crippen LogP contribution in [-0.2, 0) is 38.1 Å². The molecule has 9 nitrogen and oxygen atoms in total. The minimum absolute atomic E-state index is 0.0144. The Labute approximate surface area is 209 Å². The second-order valence-corrected chi connectivity index (χ2v) is 10.5. The number of hydrogen-bond donors (Lipinski definition) is 1. The van der Waals surface area contributed by atoms with Crippen molar-refractivity contribution >= 4 is 17.9 Å². The van der Waals surface area contributed by atoms with Crippen molar-refractivity contribution in [3.8, 4) is 0 Å². The largest absolute Gasteiger partial charge is 0.462 e. The molecule has 1 saturated carbocycles. The predicted molar refractivity (Wildman–Crippen MR) is 125 cm³/mol. The van der Waals surface area contributed by atoms with Crippen LogP contribution in [0.1, 0.15) is 39.5 Å². The number of hydrogen-bond acceptors (Lipinski definition) is 9. The number of epoxide rings is 1. The number of carbonyl (C=O) groups excluding carboxylic acids is 3. The summed E-state index contributed by atoms with van der Waals surface area (Å²) < 4.78 is 29.6. The zero-order valence-electron chi connectivity index (χ0n) is 20.6. The molecule has 2 spiro atoms. The van der Waals surface area contributed by atoms with Crippen molar-refractivity contribution in [1.29, 1.82) is 0 Å². The van der Waals surface area contributed by atoms with Gasteiger partial charge in [0.1, 0.15) is 18.3 Å². The van der Waals surface area contributed by atoms with Gasteiger partial charge in [-0.15, -0.1) is 0 Å². The molecule has 9 heteroatoms. The van der Waals surface area contributed by atoms with E-state index in [2.05, 4.69) is 19.9 Å². The molecule has 5 aliphatic rings. The molecule has 2 aliphatic carbocycles. The van der Waals surface area contributed by atoms with Crippen molar-refractivity contribution in [2.24, 2.45) is 10.8 Å². The molecule has 5 rings (SSSR count). The summed E-state index contributed by atoms with van der Waals surface area (Å²) in [5, 5.41) is 9.68. The van der Waals surface area contributed by atoms with Crippen LogP contribution in [0.3, 0.4) is 0 Å². The lowest BCUT2D eigenvalue weighted by molar-refractivity contribution is -0.232. The van der Waals surface area contributed by atoms with E-state index in [1.54, 1.807) is 0 Å². The number of rotatable bonds is 1. The molecule has 3 heterocycles. The fraction of sp³-hybridized carbons (Fsp3) is 0.593. The van der Waals surface area contributed by atoms with Crippen LogP contribution in [0.25, 0.3) is 0 Å². The third kappa shape index (κ3) is 3.93. The van der Waals surface area contributed by atoms with Gasteiger partial charge in [-0.25, -0.2) is 14.4 Å². The number of carbonyl (C=O) groups is 3. The second-order valence-electron chi connectivity index (χ2n) is 10.5. The SMILES string of the molecule is CC1=CC2OC3CC4OC(=O)C=CC=CC(=O)OCCC(CO)=CC(=O)OCC2(CC1)C4(C)C31CO1. The standard InChI is InChI=1S/C27H32O9/c1-17-7-9-26-15-33-24(31)12-18(14-28)8-10-32-22(29)5-3-4-6-23(30)36-19-13-21(35-20(26)11-17)27(16-34-27)25(19,26)2/h3-6,11-12,19-21,28H,7-10,13-16H2,1-2H3. The molecule has 36 heavy (non-hydrogen) atoms. The molecule has 6 unspecified atom stereocenters. The normalized spacial score (nSPS) is 40.8. The maximum Gasteiger partial charge on any atom is 0.331 e. The molecule has 3 aliphatic heterocycles. The number of ether oxygens (including phenoxy) is 5. The van der Waals surface area contributed by atoms with Gasteiger partial charge >= 0.3 is 17.9 Å². The highest BCUT2D eigenvalue weighted by Gasteiger charge is 2.83. The van der Waals surface area contributed by atoms with E-state index in [-0.39, 0.29) is 38.4 Å². The van der Waals surface area contributed by atoms with E-state index in [0.29, 0.717) is 25.0 Å². The monoisotopic (exact) mass is 500 g/mol. The van der Waals surface area contributed by atoms with E-state index in [4.69, 9.17) is 23.7 Å². The van der Waals surface area contributed by atoms with Crippen molar-refractivity contribution in [2.75, 3.05) is 26.4 Å². The number of esters is 3. The van der Waals surface area contributed by atoms with Crippen molar-refractivity contribution in [1.82, 2.24) is 0 Å². The number of aliphatic hydroxyl groups excluding tert-OH is 1. The van der Waals surface area contributed by atoms with E-state index >= 15 is 0 Å². The van der Waals surface area contributed by atoms with Gasteiger partial charge in [-0.2, -0.15) is 0 Å². The molecular weight excluding hydrogens is 468 g/mol. The average molecular weight is 501 g/mol. The van der Waals surface area contributed by atoms with Gasteiger partial charge in [0.25, 0.3) is 0 Å². The maximum absolute atomic E-state index is 12.8. The van der Waals surface area contributed by atoms with Gasteiger partial charge in [0.05, 0.1) is 37.4 Å². The van der Waals surface area contributed by atoms with E-state index in [9.17, 15) is 19.5 Å². The van der Waals surface area contributed by atoms with Gasteiger partial charge in [0.15, 0.2) is 0 Å². The highest BCUT2D eigenvalue weighted by atomic mass is 16.6. The molecule has 0 aromatic rings. The molecule has 3 fully saturated rings. The van der Waals surface area contributed by atoms with Crippen LogP contribution in [0.2, 0.25) is 0 Å². The topological polar surface area (TPSA) is 121 Å². The zero-order valence-corrected chi connectivity index (χ0v) is 20.6. The number of aliphatic hydroxyl groups is 1. The van der Waals surface area contributed by atoms with Crippen LogP contribution in [0.5, 0.6) is 0 Å². The van der Waals surface area contributed by atoms with E-state index in [1.165, 1.54) is 36.0 Å². The van der Waals surface area contributed by atoms with Crippen molar-refractivity contribution in [3.05, 3.63) is 47.6 Å². The first kappa shape index (κ1) is 24.9. The summed E-state index contributed by atoms with van der Waals surface area (Å²) in [5.41, 5.74) is -0.350. The highest BCUT2D eigenvalue weighted by molar-refractivity contribution is 5.85. The third-order valence-corrected chi connectivity index (χ3v) is 8.72. The molecular formula is C27H32O9. The predicted octanol–water partition coefficient (Wildman–Crippen LogP) is 2.09. The summed E-state index contributed by atoms with van der Waals surface area (Å²) in [6, 6.07) is 0. The van der Waals surface area contributed by atoms with Crippen molar-refractivity contribution in [3.63, 3.8) is 0 Å². The molecule has 1 N–H and O–H groups in total. The van der Waals surface area contributed by atoms with Crippen LogP contribution < -0.4 is 0 Å². The highest BCUT2D eigenvalue weighted by Crippen LogP contribution is 2.72. The lowest BCUT2D eigenvalue weighted by Gasteiger charge is -2.58. The molecule has 0 aromatic heterocycles. The van der Waals surface area contributed by atoms with E-state index in [1.807, 2.05) is 0 Å². The molecule has 2 saturated heterocycles. The summed E-state index contributed by atoms with van der Waals surface area (Å²) in [6.45, 7) is 4.29. The van der Waals surface area contributed by atoms with Crippen LogP contribution in [-0.4, -0.2) is 73.4 Å². The number of allylic oxidation sites excluding steroid dienone is 3. The molecule has 0 amide bonds. The summed E-state index contributed by atoms with van der Waals surface area (Å²) in [4.78, 5) is 37.5. The molecule has 2 bridgehead atoms. The number of cyclic esters (lactones) is 2. The lowest BCUT2D eigenvalue weighted by Crippen LogP contribution is -2.66. The summed E-state index contributed by atoms with van der Waals surface area (Å²) >= 11 is 0.